The molecule has 0 aliphatic carbocycles. The average molecular weight is 399 g/mol. The first-order valence-electron chi connectivity index (χ1n) is 10.5. The highest BCUT2D eigenvalue weighted by Gasteiger charge is 2.34. The van der Waals surface area contributed by atoms with Gasteiger partial charge in [0.2, 0.25) is 5.91 Å². The van der Waals surface area contributed by atoms with Crippen molar-refractivity contribution >= 4 is 17.2 Å². The van der Waals surface area contributed by atoms with Gasteiger partial charge in [-0.1, -0.05) is 37.3 Å². The topological polar surface area (TPSA) is 39.7 Å². The molecule has 0 bridgehead atoms. The first kappa shape index (κ1) is 19.6. The summed E-state index contributed by atoms with van der Waals surface area (Å²) in [5, 5.41) is 3.39. The number of hydrogen-bond acceptors (Lipinski definition) is 5. The van der Waals surface area contributed by atoms with E-state index in [0.29, 0.717) is 5.91 Å². The Bertz CT molecular complexity index is 770. The van der Waals surface area contributed by atoms with Crippen molar-refractivity contribution in [2.24, 2.45) is 0 Å². The van der Waals surface area contributed by atoms with Crippen molar-refractivity contribution in [2.75, 3.05) is 32.7 Å². The summed E-state index contributed by atoms with van der Waals surface area (Å²) >= 11 is 1.75. The minimum atomic E-state index is 0.0532. The van der Waals surface area contributed by atoms with Crippen LogP contribution in [0.5, 0.6) is 0 Å². The van der Waals surface area contributed by atoms with Gasteiger partial charge in [0, 0.05) is 44.6 Å². The van der Waals surface area contributed by atoms with Crippen LogP contribution in [-0.2, 0) is 24.3 Å². The van der Waals surface area contributed by atoms with Gasteiger partial charge in [0.05, 0.1) is 16.7 Å². The number of thiazole rings is 1. The van der Waals surface area contributed by atoms with Gasteiger partial charge in [-0.15, -0.1) is 11.3 Å². The third kappa shape index (κ3) is 4.62. The third-order valence-corrected chi connectivity index (χ3v) is 6.89. The molecule has 2 fully saturated rings. The van der Waals surface area contributed by atoms with Gasteiger partial charge in [-0.25, -0.2) is 4.98 Å². The van der Waals surface area contributed by atoms with Gasteiger partial charge in [-0.2, -0.15) is 0 Å². The Morgan fingerprint density at radius 2 is 1.89 bits per heavy atom. The maximum Gasteiger partial charge on any atom is 0.240 e. The van der Waals surface area contributed by atoms with E-state index in [4.69, 9.17) is 0 Å². The molecule has 1 unspecified atom stereocenters. The number of aromatic nitrogens is 1. The molecule has 3 heterocycles. The molecule has 6 heteroatoms. The van der Waals surface area contributed by atoms with E-state index in [1.54, 1.807) is 11.3 Å². The van der Waals surface area contributed by atoms with Crippen LogP contribution in [0, 0.1) is 0 Å². The molecule has 0 N–H and O–H groups in total. The molecule has 5 nitrogen and oxygen atoms in total. The molecular weight excluding hydrogens is 368 g/mol. The summed E-state index contributed by atoms with van der Waals surface area (Å²) in [7, 11) is 0. The lowest BCUT2D eigenvalue weighted by molar-refractivity contribution is -0.138. The van der Waals surface area contributed by atoms with E-state index in [2.05, 4.69) is 56.3 Å². The number of hydrogen-bond donors (Lipinski definition) is 0. The van der Waals surface area contributed by atoms with Crippen LogP contribution in [0.2, 0.25) is 0 Å². The monoisotopic (exact) mass is 398 g/mol. The van der Waals surface area contributed by atoms with Crippen molar-refractivity contribution in [3.05, 3.63) is 52.0 Å². The van der Waals surface area contributed by atoms with Crippen molar-refractivity contribution in [3.8, 4) is 0 Å². The van der Waals surface area contributed by atoms with E-state index >= 15 is 0 Å². The molecule has 2 saturated heterocycles. The lowest BCUT2D eigenvalue weighted by Crippen LogP contribution is -2.53. The second kappa shape index (κ2) is 9.16. The lowest BCUT2D eigenvalue weighted by Gasteiger charge is -2.37. The molecule has 0 saturated carbocycles. The number of likely N-dealkylation sites (tertiary alicyclic amines) is 1. The fourth-order valence-corrected chi connectivity index (χ4v) is 5.00. The predicted molar refractivity (Wildman–Crippen MR) is 113 cm³/mol. The Labute approximate surface area is 172 Å². The van der Waals surface area contributed by atoms with E-state index in [0.717, 1.165) is 65.1 Å². The van der Waals surface area contributed by atoms with Crippen LogP contribution in [0.15, 0.2) is 35.7 Å². The van der Waals surface area contributed by atoms with Crippen LogP contribution in [0.1, 0.15) is 36.0 Å². The van der Waals surface area contributed by atoms with Gasteiger partial charge in [0.25, 0.3) is 0 Å². The molecule has 1 amide bonds. The molecule has 1 aromatic carbocycles. The Morgan fingerprint density at radius 1 is 1.11 bits per heavy atom. The zero-order chi connectivity index (χ0) is 19.3. The van der Waals surface area contributed by atoms with Crippen molar-refractivity contribution in [1.29, 1.82) is 0 Å². The first-order valence-corrected chi connectivity index (χ1v) is 11.3. The van der Waals surface area contributed by atoms with Crippen molar-refractivity contribution < 1.29 is 4.79 Å². The molecular formula is C22H30N4OS. The molecule has 4 rings (SSSR count). The molecule has 2 aliphatic rings. The fraction of sp³-hybridized carbons (Fsp3) is 0.545. The number of nitrogens with zero attached hydrogens (tertiary/aromatic N) is 4. The molecule has 2 aliphatic heterocycles. The van der Waals surface area contributed by atoms with Gasteiger partial charge in [-0.3, -0.25) is 14.6 Å². The number of piperazine rings is 1. The Morgan fingerprint density at radius 3 is 2.61 bits per heavy atom. The van der Waals surface area contributed by atoms with Gasteiger partial charge >= 0.3 is 0 Å². The fourth-order valence-electron chi connectivity index (χ4n) is 4.26. The smallest absolute Gasteiger partial charge is 0.240 e. The van der Waals surface area contributed by atoms with E-state index < -0.39 is 0 Å². The van der Waals surface area contributed by atoms with Crippen LogP contribution in [0.4, 0.5) is 0 Å². The normalized spacial score (nSPS) is 21.3. The summed E-state index contributed by atoms with van der Waals surface area (Å²) in [4.78, 5) is 24.7. The number of carbonyl (C=O) groups excluding carboxylic acids is 1. The van der Waals surface area contributed by atoms with E-state index in [-0.39, 0.29) is 6.04 Å². The molecule has 2 aromatic rings. The summed E-state index contributed by atoms with van der Waals surface area (Å²) in [6.45, 7) is 8.50. The molecule has 0 spiro atoms. The number of carbonyl (C=O) groups is 1. The van der Waals surface area contributed by atoms with E-state index in [1.165, 1.54) is 16.3 Å². The minimum absolute atomic E-state index is 0.0532. The average Bonchev–Trinajstić information content (AvgIpc) is 3.38. The Kier molecular flexibility index (Phi) is 6.40. The van der Waals surface area contributed by atoms with Gasteiger partial charge in [0.1, 0.15) is 0 Å². The van der Waals surface area contributed by atoms with Gasteiger partial charge in [-0.05, 0) is 31.4 Å². The number of benzene rings is 1. The van der Waals surface area contributed by atoms with Crippen molar-refractivity contribution in [3.63, 3.8) is 0 Å². The van der Waals surface area contributed by atoms with Crippen LogP contribution < -0.4 is 0 Å². The Hall–Kier alpha value is -1.76. The number of amides is 1. The van der Waals surface area contributed by atoms with Gasteiger partial charge in [0.15, 0.2) is 0 Å². The molecule has 150 valence electrons. The quantitative estimate of drug-likeness (QED) is 0.750. The zero-order valence-electron chi connectivity index (χ0n) is 16.7. The predicted octanol–water partition coefficient (Wildman–Crippen LogP) is 3.01. The second-order valence-corrected chi connectivity index (χ2v) is 8.74. The SMILES string of the molecule is CCc1nc(CN2CCN(C(=O)C3CCCN3Cc3ccccc3)CC2)cs1. The molecule has 1 atom stereocenters. The molecule has 28 heavy (non-hydrogen) atoms. The maximum absolute atomic E-state index is 13.2. The summed E-state index contributed by atoms with van der Waals surface area (Å²) < 4.78 is 0. The summed E-state index contributed by atoms with van der Waals surface area (Å²) in [6.07, 6.45) is 3.12. The van der Waals surface area contributed by atoms with Crippen molar-refractivity contribution in [1.82, 2.24) is 19.7 Å². The highest BCUT2D eigenvalue weighted by atomic mass is 32.1. The Balaban J connectivity index is 1.29. The lowest BCUT2D eigenvalue weighted by atomic mass is 10.1. The van der Waals surface area contributed by atoms with E-state index in [1.807, 2.05) is 6.07 Å². The first-order chi connectivity index (χ1) is 13.7. The van der Waals surface area contributed by atoms with E-state index in [9.17, 15) is 4.79 Å². The van der Waals surface area contributed by atoms with Crippen molar-refractivity contribution in [2.45, 2.75) is 45.3 Å². The maximum atomic E-state index is 13.2. The molecule has 0 radical (unpaired) electrons. The van der Waals surface area contributed by atoms with Gasteiger partial charge < -0.3 is 4.90 Å². The van der Waals surface area contributed by atoms with Crippen LogP contribution in [0.25, 0.3) is 0 Å². The highest BCUT2D eigenvalue weighted by Crippen LogP contribution is 2.23. The minimum Gasteiger partial charge on any atom is -0.339 e. The summed E-state index contributed by atoms with van der Waals surface area (Å²) in [5.74, 6) is 0.329. The highest BCUT2D eigenvalue weighted by molar-refractivity contribution is 7.09. The third-order valence-electron chi connectivity index (χ3n) is 5.85. The summed E-state index contributed by atoms with van der Waals surface area (Å²) in [6, 6.07) is 10.6. The number of rotatable bonds is 6. The number of aryl methyl sites for hydroxylation is 1. The van der Waals surface area contributed by atoms with Crippen LogP contribution >= 0.6 is 11.3 Å². The second-order valence-electron chi connectivity index (χ2n) is 7.80. The molecule has 1 aromatic heterocycles. The summed E-state index contributed by atoms with van der Waals surface area (Å²) in [5.41, 5.74) is 2.47. The zero-order valence-corrected chi connectivity index (χ0v) is 17.5. The van der Waals surface area contributed by atoms with Crippen LogP contribution in [0.3, 0.4) is 0 Å². The standard InChI is InChI=1S/C22H30N4OS/c1-2-21-23-19(17-28-21)16-24-11-13-25(14-12-24)22(27)20-9-6-10-26(20)15-18-7-4-3-5-8-18/h3-5,7-8,17,20H,2,6,9-16H2,1H3. The largest absolute Gasteiger partial charge is 0.339 e. The van der Waals surface area contributed by atoms with Crippen LogP contribution in [-0.4, -0.2) is 64.4 Å².